The molecular formula is C13H18O3. The van der Waals surface area contributed by atoms with Crippen LogP contribution >= 0.6 is 0 Å². The highest BCUT2D eigenvalue weighted by Crippen LogP contribution is 2.39. The molecule has 1 aliphatic rings. The Balaban J connectivity index is 2.69. The minimum Gasteiger partial charge on any atom is -0.469 e. The van der Waals surface area contributed by atoms with Gasteiger partial charge >= 0.3 is 5.97 Å². The number of rotatable bonds is 4. The van der Waals surface area contributed by atoms with Crippen molar-refractivity contribution in [2.45, 2.75) is 26.2 Å². The van der Waals surface area contributed by atoms with E-state index in [1.165, 1.54) is 7.11 Å². The highest BCUT2D eigenvalue weighted by atomic mass is 16.5. The van der Waals surface area contributed by atoms with Crippen LogP contribution in [0.5, 0.6) is 0 Å². The van der Waals surface area contributed by atoms with Crippen LogP contribution in [0.15, 0.2) is 24.3 Å². The maximum absolute atomic E-state index is 11.2. The van der Waals surface area contributed by atoms with Crippen molar-refractivity contribution in [1.29, 1.82) is 0 Å². The molecule has 0 aromatic carbocycles. The van der Waals surface area contributed by atoms with Gasteiger partial charge in [-0.2, -0.15) is 0 Å². The molecule has 0 aromatic heterocycles. The van der Waals surface area contributed by atoms with Crippen molar-refractivity contribution in [3.63, 3.8) is 0 Å². The van der Waals surface area contributed by atoms with E-state index in [4.69, 9.17) is 0 Å². The lowest BCUT2D eigenvalue weighted by Gasteiger charge is -2.34. The summed E-state index contributed by atoms with van der Waals surface area (Å²) in [6, 6.07) is 0. The molecule has 0 saturated heterocycles. The van der Waals surface area contributed by atoms with Gasteiger partial charge in [-0.05, 0) is 18.8 Å². The fraction of sp³-hybridized carbons (Fsp3) is 0.538. The fourth-order valence-corrected chi connectivity index (χ4v) is 2.08. The summed E-state index contributed by atoms with van der Waals surface area (Å²) in [5.74, 6) is -0.138. The van der Waals surface area contributed by atoms with E-state index in [9.17, 15) is 9.59 Å². The molecule has 0 spiro atoms. The normalized spacial score (nSPS) is 28.9. The topological polar surface area (TPSA) is 43.4 Å². The third-order valence-corrected chi connectivity index (χ3v) is 3.18. The maximum Gasteiger partial charge on any atom is 0.305 e. The van der Waals surface area contributed by atoms with Crippen LogP contribution in [0.25, 0.3) is 0 Å². The van der Waals surface area contributed by atoms with Crippen molar-refractivity contribution in [2.75, 3.05) is 7.11 Å². The summed E-state index contributed by atoms with van der Waals surface area (Å²) in [6.45, 7) is 5.78. The van der Waals surface area contributed by atoms with Crippen LogP contribution in [0.3, 0.4) is 0 Å². The SMILES string of the molecule is C=C1C=CC(CCC(=O)OC)C(C)(C=O)C1. The minimum atomic E-state index is -0.431. The van der Waals surface area contributed by atoms with E-state index in [1.807, 2.05) is 19.1 Å². The maximum atomic E-state index is 11.2. The van der Waals surface area contributed by atoms with E-state index >= 15 is 0 Å². The van der Waals surface area contributed by atoms with E-state index in [0.29, 0.717) is 19.3 Å². The van der Waals surface area contributed by atoms with Crippen LogP contribution in [0.1, 0.15) is 26.2 Å². The van der Waals surface area contributed by atoms with Gasteiger partial charge in [-0.3, -0.25) is 4.79 Å². The van der Waals surface area contributed by atoms with Gasteiger partial charge in [0.1, 0.15) is 6.29 Å². The Kier molecular flexibility index (Phi) is 4.05. The Hall–Kier alpha value is -1.38. The standard InChI is InChI=1S/C13H18O3/c1-10-4-5-11(6-7-12(15)16-3)13(2,8-10)9-14/h4-5,9,11H,1,6-8H2,2-3H3. The lowest BCUT2D eigenvalue weighted by Crippen LogP contribution is -2.31. The van der Waals surface area contributed by atoms with Gasteiger partial charge in [0, 0.05) is 11.8 Å². The predicted molar refractivity (Wildman–Crippen MR) is 61.8 cm³/mol. The molecule has 2 atom stereocenters. The van der Waals surface area contributed by atoms with Gasteiger partial charge in [-0.25, -0.2) is 0 Å². The average Bonchev–Trinajstić information content (AvgIpc) is 2.27. The number of carbonyl (C=O) groups is 2. The van der Waals surface area contributed by atoms with E-state index in [-0.39, 0.29) is 11.9 Å². The Morgan fingerprint density at radius 2 is 2.44 bits per heavy atom. The molecule has 2 unspecified atom stereocenters. The number of hydrogen-bond acceptors (Lipinski definition) is 3. The molecule has 0 aliphatic heterocycles. The van der Waals surface area contributed by atoms with Gasteiger partial charge in [0.15, 0.2) is 0 Å². The van der Waals surface area contributed by atoms with Gasteiger partial charge < -0.3 is 9.53 Å². The minimum absolute atomic E-state index is 0.0922. The summed E-state index contributed by atoms with van der Waals surface area (Å²) in [5, 5.41) is 0. The summed E-state index contributed by atoms with van der Waals surface area (Å²) in [6.07, 6.45) is 6.55. The third kappa shape index (κ3) is 2.81. The summed E-state index contributed by atoms with van der Waals surface area (Å²) in [7, 11) is 1.37. The van der Waals surface area contributed by atoms with E-state index < -0.39 is 5.41 Å². The van der Waals surface area contributed by atoms with E-state index in [0.717, 1.165) is 11.9 Å². The lowest BCUT2D eigenvalue weighted by atomic mass is 9.69. The van der Waals surface area contributed by atoms with Crippen LogP contribution in [0, 0.1) is 11.3 Å². The number of aldehydes is 1. The van der Waals surface area contributed by atoms with Gasteiger partial charge in [0.2, 0.25) is 0 Å². The van der Waals surface area contributed by atoms with Gasteiger partial charge in [0.25, 0.3) is 0 Å². The zero-order chi connectivity index (χ0) is 12.2. The first kappa shape index (κ1) is 12.7. The molecule has 0 aromatic rings. The van der Waals surface area contributed by atoms with Crippen molar-refractivity contribution in [3.05, 3.63) is 24.3 Å². The second kappa shape index (κ2) is 5.10. The summed E-state index contributed by atoms with van der Waals surface area (Å²) >= 11 is 0. The van der Waals surface area contributed by atoms with Crippen molar-refractivity contribution < 1.29 is 14.3 Å². The van der Waals surface area contributed by atoms with Crippen LogP contribution in [0.4, 0.5) is 0 Å². The quantitative estimate of drug-likeness (QED) is 0.541. The first-order chi connectivity index (χ1) is 7.51. The molecule has 1 rings (SSSR count). The zero-order valence-corrected chi connectivity index (χ0v) is 9.86. The molecule has 16 heavy (non-hydrogen) atoms. The van der Waals surface area contributed by atoms with Crippen molar-refractivity contribution in [3.8, 4) is 0 Å². The van der Waals surface area contributed by atoms with Crippen LogP contribution in [-0.2, 0) is 14.3 Å². The smallest absolute Gasteiger partial charge is 0.305 e. The first-order valence-corrected chi connectivity index (χ1v) is 5.41. The monoisotopic (exact) mass is 222 g/mol. The van der Waals surface area contributed by atoms with Gasteiger partial charge in [0.05, 0.1) is 7.11 Å². The molecular weight excluding hydrogens is 204 g/mol. The van der Waals surface area contributed by atoms with Gasteiger partial charge in [-0.1, -0.05) is 31.2 Å². The fourth-order valence-electron chi connectivity index (χ4n) is 2.08. The summed E-state index contributed by atoms with van der Waals surface area (Å²) < 4.78 is 4.60. The molecule has 0 heterocycles. The molecule has 0 fully saturated rings. The van der Waals surface area contributed by atoms with E-state index in [2.05, 4.69) is 11.3 Å². The number of allylic oxidation sites excluding steroid dienone is 3. The third-order valence-electron chi connectivity index (χ3n) is 3.18. The summed E-state index contributed by atoms with van der Waals surface area (Å²) in [4.78, 5) is 22.2. The van der Waals surface area contributed by atoms with E-state index in [1.54, 1.807) is 0 Å². The Labute approximate surface area is 96.2 Å². The Morgan fingerprint density at radius 3 is 3.00 bits per heavy atom. The van der Waals surface area contributed by atoms with Gasteiger partial charge in [-0.15, -0.1) is 0 Å². The number of carbonyl (C=O) groups excluding carboxylic acids is 2. The highest BCUT2D eigenvalue weighted by molar-refractivity contribution is 5.69. The molecule has 0 amide bonds. The lowest BCUT2D eigenvalue weighted by molar-refractivity contribution is -0.141. The molecule has 1 aliphatic carbocycles. The number of ether oxygens (including phenoxy) is 1. The van der Waals surface area contributed by atoms with Crippen molar-refractivity contribution in [2.24, 2.45) is 11.3 Å². The molecule has 3 nitrogen and oxygen atoms in total. The van der Waals surface area contributed by atoms with Crippen LogP contribution in [-0.4, -0.2) is 19.4 Å². The molecule has 0 bridgehead atoms. The largest absolute Gasteiger partial charge is 0.469 e. The van der Waals surface area contributed by atoms with Crippen LogP contribution in [0.2, 0.25) is 0 Å². The van der Waals surface area contributed by atoms with Crippen molar-refractivity contribution in [1.82, 2.24) is 0 Å². The Bertz CT molecular complexity index is 330. The van der Waals surface area contributed by atoms with Crippen LogP contribution < -0.4 is 0 Å². The second-order valence-electron chi connectivity index (χ2n) is 4.54. The van der Waals surface area contributed by atoms with Crippen molar-refractivity contribution >= 4 is 12.3 Å². The molecule has 0 N–H and O–H groups in total. The number of esters is 1. The molecule has 0 saturated carbocycles. The summed E-state index contributed by atoms with van der Waals surface area (Å²) in [5.41, 5.74) is 0.531. The molecule has 3 heteroatoms. The first-order valence-electron chi connectivity index (χ1n) is 5.41. The number of methoxy groups -OCH3 is 1. The highest BCUT2D eigenvalue weighted by Gasteiger charge is 2.35. The number of hydrogen-bond donors (Lipinski definition) is 0. The average molecular weight is 222 g/mol. The Morgan fingerprint density at radius 1 is 1.75 bits per heavy atom. The predicted octanol–water partition coefficient (Wildman–Crippen LogP) is 2.28. The molecule has 88 valence electrons. The second-order valence-corrected chi connectivity index (χ2v) is 4.54. The zero-order valence-electron chi connectivity index (χ0n) is 9.86. The molecule has 0 radical (unpaired) electrons.